The third-order valence-corrected chi connectivity index (χ3v) is 3.45. The molecule has 0 saturated heterocycles. The number of ether oxygens (including phenoxy) is 1. The second kappa shape index (κ2) is 6.47. The van der Waals surface area contributed by atoms with E-state index in [1.54, 1.807) is 16.2 Å². The number of carbonyl (C=O) groups is 1. The molecule has 21 heavy (non-hydrogen) atoms. The van der Waals surface area contributed by atoms with Crippen molar-refractivity contribution in [3.63, 3.8) is 0 Å². The quantitative estimate of drug-likeness (QED) is 0.607. The first-order valence-electron chi connectivity index (χ1n) is 7.21. The topological polar surface area (TPSA) is 61.9 Å². The molecule has 116 valence electrons. The summed E-state index contributed by atoms with van der Waals surface area (Å²) in [5.41, 5.74) is 2.58. The molecule has 0 spiro atoms. The Morgan fingerprint density at radius 1 is 1.43 bits per heavy atom. The highest BCUT2D eigenvalue weighted by Crippen LogP contribution is 2.26. The monoisotopic (exact) mass is 312 g/mol. The summed E-state index contributed by atoms with van der Waals surface area (Å²) in [6.45, 7) is 6.19. The van der Waals surface area contributed by atoms with Gasteiger partial charge in [0.1, 0.15) is 17.9 Å². The molecule has 2 rings (SSSR count). The number of halogens is 1. The van der Waals surface area contributed by atoms with Crippen LogP contribution in [0.4, 0.5) is 0 Å². The van der Waals surface area contributed by atoms with Gasteiger partial charge >= 0.3 is 5.97 Å². The largest absolute Gasteiger partial charge is 0.465 e. The third-order valence-electron chi connectivity index (χ3n) is 3.26. The summed E-state index contributed by atoms with van der Waals surface area (Å²) in [7, 11) is 1.85. The van der Waals surface area contributed by atoms with Crippen LogP contribution in [-0.2, 0) is 29.5 Å². The minimum Gasteiger partial charge on any atom is -0.465 e. The number of hydrogen-bond acceptors (Lipinski definition) is 4. The van der Waals surface area contributed by atoms with Crippen LogP contribution in [0.25, 0.3) is 11.2 Å². The zero-order valence-electron chi connectivity index (χ0n) is 12.9. The van der Waals surface area contributed by atoms with E-state index in [4.69, 9.17) is 16.3 Å². The van der Waals surface area contributed by atoms with Crippen molar-refractivity contribution in [2.24, 2.45) is 7.05 Å². The zero-order chi connectivity index (χ0) is 15.6. The van der Waals surface area contributed by atoms with E-state index in [0.29, 0.717) is 12.4 Å². The minimum atomic E-state index is -0.298. The van der Waals surface area contributed by atoms with Crippen molar-refractivity contribution in [1.82, 2.24) is 19.3 Å². The van der Waals surface area contributed by atoms with Crippen LogP contribution in [-0.4, -0.2) is 31.9 Å². The van der Waals surface area contributed by atoms with Crippen LogP contribution in [0.1, 0.15) is 44.1 Å². The first kappa shape index (κ1) is 15.8. The smallest absolute Gasteiger partial charge is 0.326 e. The number of alkyl halides is 1. The molecule has 2 heterocycles. The normalized spacial score (nSPS) is 12.8. The molecule has 0 aliphatic carbocycles. The number of aromatic nitrogens is 4. The summed E-state index contributed by atoms with van der Waals surface area (Å²) in [6.07, 6.45) is 1.84. The first-order valence-corrected chi connectivity index (χ1v) is 7.64. The molecule has 0 N–H and O–H groups in total. The molecular weight excluding hydrogens is 292 g/mol. The van der Waals surface area contributed by atoms with Gasteiger partial charge in [0.2, 0.25) is 0 Å². The number of aryl methyl sites for hydroxylation is 2. The Labute approximate surface area is 129 Å². The lowest BCUT2D eigenvalue weighted by Crippen LogP contribution is -2.17. The summed E-state index contributed by atoms with van der Waals surface area (Å²) in [5.74, 6) is 0.374. The number of fused-ring (bicyclic) bond motifs is 1. The van der Waals surface area contributed by atoms with Gasteiger partial charge in [-0.1, -0.05) is 13.3 Å². The van der Waals surface area contributed by atoms with Crippen LogP contribution in [0.2, 0.25) is 0 Å². The van der Waals surface area contributed by atoms with E-state index in [9.17, 15) is 4.79 Å². The van der Waals surface area contributed by atoms with Gasteiger partial charge in [0, 0.05) is 7.05 Å². The Bertz CT molecular complexity index is 645. The Morgan fingerprint density at radius 2 is 2.14 bits per heavy atom. The van der Waals surface area contributed by atoms with E-state index in [-0.39, 0.29) is 17.9 Å². The highest BCUT2D eigenvalue weighted by molar-refractivity contribution is 6.20. The molecular formula is C14H21ClN4O2. The lowest BCUT2D eigenvalue weighted by Gasteiger charge is -2.10. The maximum atomic E-state index is 11.8. The fourth-order valence-corrected chi connectivity index (χ4v) is 2.63. The van der Waals surface area contributed by atoms with Crippen molar-refractivity contribution < 1.29 is 9.53 Å². The van der Waals surface area contributed by atoms with E-state index in [1.165, 1.54) is 0 Å². The average Bonchev–Trinajstić information content (AvgIpc) is 2.91. The van der Waals surface area contributed by atoms with E-state index in [2.05, 4.69) is 17.0 Å². The molecule has 0 amide bonds. The summed E-state index contributed by atoms with van der Waals surface area (Å²) < 4.78 is 8.59. The molecule has 0 saturated carbocycles. The van der Waals surface area contributed by atoms with Crippen LogP contribution in [0.5, 0.6) is 0 Å². The Morgan fingerprint density at radius 3 is 2.71 bits per heavy atom. The predicted octanol–water partition coefficient (Wildman–Crippen LogP) is 2.59. The molecule has 0 aromatic carbocycles. The maximum Gasteiger partial charge on any atom is 0.326 e. The van der Waals surface area contributed by atoms with Gasteiger partial charge < -0.3 is 9.30 Å². The SMILES string of the molecule is CCCc1nn(C)c2c1nc(C(C)Cl)n2CC(=O)OCC. The van der Waals surface area contributed by atoms with E-state index in [0.717, 1.165) is 29.7 Å². The first-order chi connectivity index (χ1) is 9.99. The molecule has 1 unspecified atom stereocenters. The van der Waals surface area contributed by atoms with Crippen molar-refractivity contribution in [2.45, 2.75) is 45.5 Å². The molecule has 0 radical (unpaired) electrons. The van der Waals surface area contributed by atoms with Crippen molar-refractivity contribution in [3.05, 3.63) is 11.5 Å². The van der Waals surface area contributed by atoms with Gasteiger partial charge in [0.15, 0.2) is 5.65 Å². The lowest BCUT2D eigenvalue weighted by atomic mass is 10.2. The maximum absolute atomic E-state index is 11.8. The van der Waals surface area contributed by atoms with E-state index >= 15 is 0 Å². The van der Waals surface area contributed by atoms with Gasteiger partial charge in [-0.25, -0.2) is 4.98 Å². The molecule has 2 aromatic rings. The molecule has 0 bridgehead atoms. The van der Waals surface area contributed by atoms with Crippen molar-refractivity contribution in [1.29, 1.82) is 0 Å². The van der Waals surface area contributed by atoms with Gasteiger partial charge in [-0.15, -0.1) is 11.6 Å². The van der Waals surface area contributed by atoms with Crippen LogP contribution < -0.4 is 0 Å². The Kier molecular flexibility index (Phi) is 4.88. The highest BCUT2D eigenvalue weighted by atomic mass is 35.5. The fraction of sp³-hybridized carbons (Fsp3) is 0.643. The molecule has 6 nitrogen and oxygen atoms in total. The van der Waals surface area contributed by atoms with Gasteiger partial charge in [0.25, 0.3) is 0 Å². The van der Waals surface area contributed by atoms with Gasteiger partial charge in [0.05, 0.1) is 17.7 Å². The second-order valence-corrected chi connectivity index (χ2v) is 5.62. The minimum absolute atomic E-state index is 0.0990. The number of imidazole rings is 1. The summed E-state index contributed by atoms with van der Waals surface area (Å²) >= 11 is 6.21. The second-order valence-electron chi connectivity index (χ2n) is 4.97. The number of esters is 1. The predicted molar refractivity (Wildman–Crippen MR) is 81.4 cm³/mol. The summed E-state index contributed by atoms with van der Waals surface area (Å²) in [6, 6.07) is 0. The molecule has 2 aromatic heterocycles. The summed E-state index contributed by atoms with van der Waals surface area (Å²) in [5, 5.41) is 4.20. The molecule has 1 atom stereocenters. The van der Waals surface area contributed by atoms with Crippen LogP contribution in [0.3, 0.4) is 0 Å². The zero-order valence-corrected chi connectivity index (χ0v) is 13.6. The molecule has 0 aliphatic rings. The number of hydrogen-bond donors (Lipinski definition) is 0. The number of carbonyl (C=O) groups excluding carboxylic acids is 1. The Hall–Kier alpha value is -1.56. The Balaban J connectivity index is 2.54. The van der Waals surface area contributed by atoms with Crippen LogP contribution in [0, 0.1) is 0 Å². The molecule has 7 heteroatoms. The van der Waals surface area contributed by atoms with Gasteiger partial charge in [-0.3, -0.25) is 9.48 Å². The molecule has 0 aliphatic heterocycles. The van der Waals surface area contributed by atoms with Crippen LogP contribution in [0.15, 0.2) is 0 Å². The van der Waals surface area contributed by atoms with E-state index < -0.39 is 0 Å². The van der Waals surface area contributed by atoms with Gasteiger partial charge in [-0.2, -0.15) is 5.10 Å². The van der Waals surface area contributed by atoms with Gasteiger partial charge in [-0.05, 0) is 20.3 Å². The van der Waals surface area contributed by atoms with E-state index in [1.807, 2.05) is 14.0 Å². The molecule has 0 fully saturated rings. The highest BCUT2D eigenvalue weighted by Gasteiger charge is 2.23. The number of rotatable bonds is 6. The fourth-order valence-electron chi connectivity index (χ4n) is 2.46. The number of nitrogens with zero attached hydrogens (tertiary/aromatic N) is 4. The van der Waals surface area contributed by atoms with Crippen molar-refractivity contribution in [3.8, 4) is 0 Å². The van der Waals surface area contributed by atoms with Crippen LogP contribution >= 0.6 is 11.6 Å². The standard InChI is InChI=1S/C14H21ClN4O2/c1-5-7-10-12-14(18(4)17-10)19(8-11(20)21-6-2)13(16-12)9(3)15/h9H,5-8H2,1-4H3. The van der Waals surface area contributed by atoms with Crippen molar-refractivity contribution >= 4 is 28.7 Å². The third kappa shape index (κ3) is 3.05. The van der Waals surface area contributed by atoms with Crippen molar-refractivity contribution in [2.75, 3.05) is 6.61 Å². The summed E-state index contributed by atoms with van der Waals surface area (Å²) in [4.78, 5) is 16.4. The average molecular weight is 313 g/mol. The lowest BCUT2D eigenvalue weighted by molar-refractivity contribution is -0.143.